The molecule has 0 bridgehead atoms. The topological polar surface area (TPSA) is 30.5 Å². The smallest absolute Gasteiger partial charge is 0.0484 e. The van der Waals surface area contributed by atoms with Crippen LogP contribution in [0.15, 0.2) is 0 Å². The van der Waals surface area contributed by atoms with Crippen molar-refractivity contribution in [3.8, 4) is 0 Å². The molecular formula is C16H34N4. The first-order valence-corrected chi connectivity index (χ1v) is 8.07. The first-order valence-electron chi connectivity index (χ1n) is 8.07. The minimum Gasteiger partial charge on any atom is -0.300 e. The van der Waals surface area contributed by atoms with E-state index in [-0.39, 0.29) is 11.1 Å². The maximum atomic E-state index is 3.61. The van der Waals surface area contributed by atoms with Crippen molar-refractivity contribution in [3.63, 3.8) is 0 Å². The molecule has 0 atom stereocenters. The van der Waals surface area contributed by atoms with E-state index in [4.69, 9.17) is 0 Å². The Morgan fingerprint density at radius 2 is 1.00 bits per heavy atom. The Morgan fingerprint density at radius 1 is 0.700 bits per heavy atom. The molecule has 2 N–H and O–H groups in total. The molecule has 0 saturated carbocycles. The number of nitrogens with one attached hydrogen (secondary N) is 2. The summed E-state index contributed by atoms with van der Waals surface area (Å²) in [6.07, 6.45) is 0. The largest absolute Gasteiger partial charge is 0.300 e. The predicted molar refractivity (Wildman–Crippen MR) is 85.6 cm³/mol. The summed E-state index contributed by atoms with van der Waals surface area (Å²) in [4.78, 5) is 5.18. The van der Waals surface area contributed by atoms with E-state index in [2.05, 4.69) is 62.0 Å². The molecular weight excluding hydrogens is 248 g/mol. The lowest BCUT2D eigenvalue weighted by Crippen LogP contribution is -2.46. The summed E-state index contributed by atoms with van der Waals surface area (Å²) in [5.74, 6) is 1.75. The van der Waals surface area contributed by atoms with Crippen LogP contribution >= 0.6 is 0 Å². The molecule has 0 unspecified atom stereocenters. The second-order valence-electron chi connectivity index (χ2n) is 8.76. The third kappa shape index (κ3) is 4.99. The predicted octanol–water partition coefficient (Wildman–Crippen LogP) is 1.54. The molecule has 0 amide bonds. The maximum Gasteiger partial charge on any atom is 0.0484 e. The van der Waals surface area contributed by atoms with Crippen molar-refractivity contribution in [2.45, 2.75) is 52.6 Å². The zero-order chi connectivity index (χ0) is 15.0. The van der Waals surface area contributed by atoms with E-state index in [1.807, 2.05) is 0 Å². The number of likely N-dealkylation sites (tertiary alicyclic amines) is 2. The van der Waals surface area contributed by atoms with Crippen LogP contribution in [0.1, 0.15) is 41.5 Å². The normalized spacial score (nSPS) is 29.1. The van der Waals surface area contributed by atoms with Gasteiger partial charge in [0.1, 0.15) is 0 Å². The van der Waals surface area contributed by atoms with Gasteiger partial charge >= 0.3 is 0 Å². The van der Waals surface area contributed by atoms with Gasteiger partial charge in [0.15, 0.2) is 0 Å². The van der Waals surface area contributed by atoms with Crippen molar-refractivity contribution in [1.82, 2.24) is 20.4 Å². The van der Waals surface area contributed by atoms with Crippen LogP contribution < -0.4 is 10.6 Å². The first-order chi connectivity index (χ1) is 9.12. The molecule has 0 aromatic rings. The van der Waals surface area contributed by atoms with Gasteiger partial charge in [-0.1, -0.05) is 0 Å². The molecule has 118 valence electrons. The molecule has 4 nitrogen and oxygen atoms in total. The van der Waals surface area contributed by atoms with Crippen molar-refractivity contribution in [3.05, 3.63) is 0 Å². The molecule has 2 heterocycles. The van der Waals surface area contributed by atoms with Gasteiger partial charge in [-0.15, -0.1) is 0 Å². The lowest BCUT2D eigenvalue weighted by Gasteiger charge is -2.28. The Balaban J connectivity index is 1.70. The van der Waals surface area contributed by atoms with Crippen LogP contribution in [-0.2, 0) is 0 Å². The zero-order valence-electron chi connectivity index (χ0n) is 14.3. The highest BCUT2D eigenvalue weighted by molar-refractivity contribution is 4.93. The van der Waals surface area contributed by atoms with Gasteiger partial charge in [0, 0.05) is 50.6 Å². The molecule has 0 radical (unpaired) electrons. The molecule has 2 aliphatic heterocycles. The first kappa shape index (κ1) is 16.2. The molecule has 0 spiro atoms. The average Bonchev–Trinajstić information content (AvgIpc) is 2.78. The third-order valence-corrected chi connectivity index (χ3v) is 4.30. The molecule has 2 rings (SSSR count). The average molecular weight is 282 g/mol. The summed E-state index contributed by atoms with van der Waals surface area (Å²) < 4.78 is 0. The van der Waals surface area contributed by atoms with Crippen LogP contribution in [-0.4, -0.2) is 60.4 Å². The molecule has 4 heteroatoms. The molecule has 20 heavy (non-hydrogen) atoms. The Hall–Kier alpha value is -0.160. The van der Waals surface area contributed by atoms with Crippen molar-refractivity contribution < 1.29 is 0 Å². The van der Waals surface area contributed by atoms with Gasteiger partial charge in [0.05, 0.1) is 0 Å². The molecule has 2 aliphatic rings. The van der Waals surface area contributed by atoms with E-state index in [1.165, 1.54) is 26.2 Å². The Kier molecular flexibility index (Phi) is 4.80. The van der Waals surface area contributed by atoms with Gasteiger partial charge in [-0.25, -0.2) is 0 Å². The van der Waals surface area contributed by atoms with Crippen LogP contribution in [0.3, 0.4) is 0 Å². The number of hydrogen-bond acceptors (Lipinski definition) is 4. The van der Waals surface area contributed by atoms with E-state index < -0.39 is 0 Å². The SMILES string of the molecule is CC(C)(C)NCN1CC2CN(CNC(C)(C)C)CC2C1. The summed E-state index contributed by atoms with van der Waals surface area (Å²) in [5.41, 5.74) is 0.445. The van der Waals surface area contributed by atoms with Gasteiger partial charge in [0.2, 0.25) is 0 Å². The highest BCUT2D eigenvalue weighted by Crippen LogP contribution is 2.30. The van der Waals surface area contributed by atoms with Crippen LogP contribution in [0.2, 0.25) is 0 Å². The number of nitrogens with zero attached hydrogens (tertiary/aromatic N) is 2. The maximum absolute atomic E-state index is 3.61. The van der Waals surface area contributed by atoms with E-state index in [0.29, 0.717) is 0 Å². The van der Waals surface area contributed by atoms with Crippen LogP contribution in [0, 0.1) is 11.8 Å². The van der Waals surface area contributed by atoms with E-state index >= 15 is 0 Å². The Bertz CT molecular complexity index is 271. The van der Waals surface area contributed by atoms with Gasteiger partial charge in [-0.3, -0.25) is 20.4 Å². The minimum absolute atomic E-state index is 0.223. The fourth-order valence-corrected chi connectivity index (χ4v) is 3.14. The minimum atomic E-state index is 0.223. The molecule has 2 saturated heterocycles. The highest BCUT2D eigenvalue weighted by atomic mass is 15.3. The van der Waals surface area contributed by atoms with Gasteiger partial charge in [0.25, 0.3) is 0 Å². The van der Waals surface area contributed by atoms with Gasteiger partial charge < -0.3 is 0 Å². The fraction of sp³-hybridized carbons (Fsp3) is 1.00. The summed E-state index contributed by atoms with van der Waals surface area (Å²) in [6.45, 7) is 20.6. The Morgan fingerprint density at radius 3 is 1.25 bits per heavy atom. The van der Waals surface area contributed by atoms with Crippen LogP contribution in [0.25, 0.3) is 0 Å². The monoisotopic (exact) mass is 282 g/mol. The molecule has 2 fully saturated rings. The summed E-state index contributed by atoms with van der Waals surface area (Å²) in [7, 11) is 0. The zero-order valence-corrected chi connectivity index (χ0v) is 14.3. The molecule has 0 aliphatic carbocycles. The standard InChI is InChI=1S/C16H34N4/c1-15(2,3)17-11-19-7-13-9-20(10-14(13)8-19)12-18-16(4,5)6/h13-14,17-18H,7-12H2,1-6H3. The number of fused-ring (bicyclic) bond motifs is 1. The lowest BCUT2D eigenvalue weighted by atomic mass is 10.0. The summed E-state index contributed by atoms with van der Waals surface area (Å²) in [6, 6.07) is 0. The number of hydrogen-bond donors (Lipinski definition) is 2. The lowest BCUT2D eigenvalue weighted by molar-refractivity contribution is 0.206. The van der Waals surface area contributed by atoms with E-state index in [1.54, 1.807) is 0 Å². The second kappa shape index (κ2) is 5.91. The van der Waals surface area contributed by atoms with Gasteiger partial charge in [-0.05, 0) is 53.4 Å². The Labute approximate surface area is 125 Å². The fourth-order valence-electron chi connectivity index (χ4n) is 3.14. The van der Waals surface area contributed by atoms with Crippen LogP contribution in [0.4, 0.5) is 0 Å². The van der Waals surface area contributed by atoms with Crippen LogP contribution in [0.5, 0.6) is 0 Å². The van der Waals surface area contributed by atoms with Crippen molar-refractivity contribution in [1.29, 1.82) is 0 Å². The summed E-state index contributed by atoms with van der Waals surface area (Å²) >= 11 is 0. The third-order valence-electron chi connectivity index (χ3n) is 4.30. The quantitative estimate of drug-likeness (QED) is 0.819. The highest BCUT2D eigenvalue weighted by Gasteiger charge is 2.39. The van der Waals surface area contributed by atoms with Crippen molar-refractivity contribution >= 4 is 0 Å². The number of rotatable bonds is 4. The molecule has 0 aromatic heterocycles. The van der Waals surface area contributed by atoms with Crippen molar-refractivity contribution in [2.75, 3.05) is 39.5 Å². The second-order valence-corrected chi connectivity index (χ2v) is 8.76. The van der Waals surface area contributed by atoms with E-state index in [9.17, 15) is 0 Å². The summed E-state index contributed by atoms with van der Waals surface area (Å²) in [5, 5.41) is 7.22. The van der Waals surface area contributed by atoms with E-state index in [0.717, 1.165) is 25.2 Å². The molecule has 0 aromatic carbocycles. The van der Waals surface area contributed by atoms with Crippen molar-refractivity contribution in [2.24, 2.45) is 11.8 Å². The van der Waals surface area contributed by atoms with Gasteiger partial charge in [-0.2, -0.15) is 0 Å².